The Labute approximate surface area is 95.1 Å². The lowest BCUT2D eigenvalue weighted by molar-refractivity contribution is 0.358. The maximum Gasteiger partial charge on any atom is 0.207 e. The van der Waals surface area contributed by atoms with Crippen LogP contribution in [0, 0.1) is 0 Å². The first-order valence-corrected chi connectivity index (χ1v) is 6.58. The maximum atomic E-state index is 9.75. The summed E-state index contributed by atoms with van der Waals surface area (Å²) >= 11 is 1.44. The van der Waals surface area contributed by atoms with Gasteiger partial charge in [-0.1, -0.05) is 26.2 Å². The Balaban J connectivity index is 2.56. The van der Waals surface area contributed by atoms with Gasteiger partial charge >= 0.3 is 0 Å². The molecule has 0 aromatic carbocycles. The monoisotopic (exact) mass is 229 g/mol. The normalized spacial score (nSPS) is 10.8. The first-order valence-electron chi connectivity index (χ1n) is 5.36. The van der Waals surface area contributed by atoms with Crippen LogP contribution in [0.15, 0.2) is 11.0 Å². The molecule has 0 saturated heterocycles. The summed E-state index contributed by atoms with van der Waals surface area (Å²) < 4.78 is 1.57. The van der Waals surface area contributed by atoms with Gasteiger partial charge in [-0.2, -0.15) is 0 Å². The Bertz CT molecular complexity index is 310. The second kappa shape index (κ2) is 5.95. The highest BCUT2D eigenvalue weighted by molar-refractivity contribution is 7.98. The van der Waals surface area contributed by atoms with Gasteiger partial charge in [0.05, 0.1) is 4.90 Å². The topological polar surface area (TPSA) is 45.4 Å². The highest BCUT2D eigenvalue weighted by Gasteiger charge is 2.12. The van der Waals surface area contributed by atoms with Crippen molar-refractivity contribution in [2.24, 2.45) is 0 Å². The SMILES string of the molecule is CCCCCCn1c(O)cc(SC)c1O. The lowest BCUT2D eigenvalue weighted by Crippen LogP contribution is -1.96. The Kier molecular flexibility index (Phi) is 4.88. The van der Waals surface area contributed by atoms with Gasteiger partial charge in [0.2, 0.25) is 5.88 Å². The van der Waals surface area contributed by atoms with Crippen LogP contribution in [-0.4, -0.2) is 21.0 Å². The van der Waals surface area contributed by atoms with Gasteiger partial charge in [-0.3, -0.25) is 4.57 Å². The molecule has 1 aromatic heterocycles. The van der Waals surface area contributed by atoms with Gasteiger partial charge in [0.15, 0.2) is 5.88 Å². The van der Waals surface area contributed by atoms with Crippen LogP contribution in [0.4, 0.5) is 0 Å². The van der Waals surface area contributed by atoms with Crippen molar-refractivity contribution < 1.29 is 10.2 Å². The summed E-state index contributed by atoms with van der Waals surface area (Å²) in [5, 5.41) is 19.3. The molecule has 0 spiro atoms. The average molecular weight is 229 g/mol. The predicted octanol–water partition coefficient (Wildman–Crippen LogP) is 3.20. The predicted molar refractivity (Wildman–Crippen MR) is 63.7 cm³/mol. The van der Waals surface area contributed by atoms with E-state index in [0.29, 0.717) is 6.54 Å². The first kappa shape index (κ1) is 12.3. The number of aromatic nitrogens is 1. The minimum absolute atomic E-state index is 0.161. The Morgan fingerprint density at radius 2 is 2.00 bits per heavy atom. The number of rotatable bonds is 6. The standard InChI is InChI=1S/C11H19NO2S/c1-3-4-5-6-7-12-10(13)8-9(15-2)11(12)14/h8,13-14H,3-7H2,1-2H3. The molecule has 86 valence electrons. The summed E-state index contributed by atoms with van der Waals surface area (Å²) in [5.41, 5.74) is 0. The molecule has 0 bridgehead atoms. The van der Waals surface area contributed by atoms with E-state index in [9.17, 15) is 10.2 Å². The third-order valence-corrected chi connectivity index (χ3v) is 3.21. The summed E-state index contributed by atoms with van der Waals surface area (Å²) in [6.07, 6.45) is 6.42. The molecule has 1 heterocycles. The molecule has 15 heavy (non-hydrogen) atoms. The lowest BCUT2D eigenvalue weighted by atomic mass is 10.2. The van der Waals surface area contributed by atoms with Gasteiger partial charge in [0, 0.05) is 12.6 Å². The van der Waals surface area contributed by atoms with Gasteiger partial charge in [-0.25, -0.2) is 0 Å². The highest BCUT2D eigenvalue weighted by atomic mass is 32.2. The molecule has 4 heteroatoms. The van der Waals surface area contributed by atoms with Gasteiger partial charge < -0.3 is 10.2 Å². The lowest BCUT2D eigenvalue weighted by Gasteiger charge is -2.06. The van der Waals surface area contributed by atoms with E-state index in [1.54, 1.807) is 10.6 Å². The zero-order chi connectivity index (χ0) is 11.3. The molecule has 0 aliphatic rings. The van der Waals surface area contributed by atoms with Crippen LogP contribution in [0.2, 0.25) is 0 Å². The van der Waals surface area contributed by atoms with E-state index < -0.39 is 0 Å². The van der Waals surface area contributed by atoms with Crippen molar-refractivity contribution in [1.29, 1.82) is 0 Å². The molecule has 1 rings (SSSR count). The number of unbranched alkanes of at least 4 members (excludes halogenated alkanes) is 3. The van der Waals surface area contributed by atoms with E-state index in [4.69, 9.17) is 0 Å². The third kappa shape index (κ3) is 3.09. The van der Waals surface area contributed by atoms with Crippen molar-refractivity contribution in [3.8, 4) is 11.8 Å². The second-order valence-corrected chi connectivity index (χ2v) is 4.45. The van der Waals surface area contributed by atoms with Gasteiger partial charge in [-0.15, -0.1) is 11.8 Å². The van der Waals surface area contributed by atoms with Gasteiger partial charge in [0.1, 0.15) is 0 Å². The van der Waals surface area contributed by atoms with Crippen LogP contribution in [0.1, 0.15) is 32.6 Å². The summed E-state index contributed by atoms with van der Waals surface area (Å²) in [6, 6.07) is 1.61. The highest BCUT2D eigenvalue weighted by Crippen LogP contribution is 2.34. The minimum Gasteiger partial charge on any atom is -0.494 e. The van der Waals surface area contributed by atoms with Crippen molar-refractivity contribution in [3.63, 3.8) is 0 Å². The zero-order valence-electron chi connectivity index (χ0n) is 9.36. The molecule has 0 saturated carbocycles. The number of nitrogens with zero attached hydrogens (tertiary/aromatic N) is 1. The summed E-state index contributed by atoms with van der Waals surface area (Å²) in [5.74, 6) is 0.352. The molecule has 0 aliphatic carbocycles. The fourth-order valence-corrected chi connectivity index (χ4v) is 2.08. The molecule has 2 N–H and O–H groups in total. The largest absolute Gasteiger partial charge is 0.494 e. The first-order chi connectivity index (χ1) is 7.20. The average Bonchev–Trinajstić information content (AvgIpc) is 2.50. The molecule has 0 unspecified atom stereocenters. The summed E-state index contributed by atoms with van der Waals surface area (Å²) in [6.45, 7) is 2.86. The molecule has 0 radical (unpaired) electrons. The molecule has 0 fully saturated rings. The van der Waals surface area contributed by atoms with Crippen LogP contribution in [0.25, 0.3) is 0 Å². The molecule has 1 aromatic rings. The number of thioether (sulfide) groups is 1. The molecule has 0 atom stereocenters. The molecule has 0 amide bonds. The van der Waals surface area contributed by atoms with E-state index in [1.165, 1.54) is 24.6 Å². The number of aromatic hydroxyl groups is 2. The van der Waals surface area contributed by atoms with Crippen molar-refractivity contribution >= 4 is 11.8 Å². The smallest absolute Gasteiger partial charge is 0.207 e. The van der Waals surface area contributed by atoms with Crippen LogP contribution in [-0.2, 0) is 6.54 Å². The minimum atomic E-state index is 0.161. The molecular formula is C11H19NO2S. The number of hydrogen-bond donors (Lipinski definition) is 2. The Hall–Kier alpha value is -0.770. The van der Waals surface area contributed by atoms with Crippen molar-refractivity contribution in [1.82, 2.24) is 4.57 Å². The van der Waals surface area contributed by atoms with E-state index in [-0.39, 0.29) is 11.8 Å². The fourth-order valence-electron chi connectivity index (χ4n) is 1.57. The summed E-state index contributed by atoms with van der Waals surface area (Å²) in [4.78, 5) is 0.739. The van der Waals surface area contributed by atoms with Crippen molar-refractivity contribution in [3.05, 3.63) is 6.07 Å². The quantitative estimate of drug-likeness (QED) is 0.581. The van der Waals surface area contributed by atoms with Crippen LogP contribution in [0.5, 0.6) is 11.8 Å². The van der Waals surface area contributed by atoms with Crippen molar-refractivity contribution in [2.75, 3.05) is 6.26 Å². The second-order valence-electron chi connectivity index (χ2n) is 3.61. The molecule has 0 aliphatic heterocycles. The molecular weight excluding hydrogens is 210 g/mol. The maximum absolute atomic E-state index is 9.75. The van der Waals surface area contributed by atoms with Crippen molar-refractivity contribution in [2.45, 2.75) is 44.0 Å². The van der Waals surface area contributed by atoms with E-state index in [2.05, 4.69) is 6.92 Å². The fraction of sp³-hybridized carbons (Fsp3) is 0.636. The van der Waals surface area contributed by atoms with E-state index >= 15 is 0 Å². The third-order valence-electron chi connectivity index (χ3n) is 2.47. The van der Waals surface area contributed by atoms with Gasteiger partial charge in [0.25, 0.3) is 0 Å². The van der Waals surface area contributed by atoms with E-state index in [1.807, 2.05) is 6.26 Å². The van der Waals surface area contributed by atoms with Gasteiger partial charge in [-0.05, 0) is 12.7 Å². The zero-order valence-corrected chi connectivity index (χ0v) is 10.2. The Morgan fingerprint density at radius 1 is 1.27 bits per heavy atom. The Morgan fingerprint density at radius 3 is 2.53 bits per heavy atom. The van der Waals surface area contributed by atoms with Crippen LogP contribution < -0.4 is 0 Å². The number of hydrogen-bond acceptors (Lipinski definition) is 3. The molecule has 3 nitrogen and oxygen atoms in total. The van der Waals surface area contributed by atoms with E-state index in [0.717, 1.165) is 17.7 Å². The summed E-state index contributed by atoms with van der Waals surface area (Å²) in [7, 11) is 0. The van der Waals surface area contributed by atoms with Crippen LogP contribution in [0.3, 0.4) is 0 Å². The van der Waals surface area contributed by atoms with Crippen LogP contribution >= 0.6 is 11.8 Å².